The predicted molar refractivity (Wildman–Crippen MR) is 58.0 cm³/mol. The molecule has 5 nitrogen and oxygen atoms in total. The van der Waals surface area contributed by atoms with Gasteiger partial charge in [-0.05, 0) is 12.1 Å². The lowest BCUT2D eigenvalue weighted by atomic mass is 10.3. The number of nitrogens with two attached hydrogens (primary N) is 1. The second-order valence-corrected chi connectivity index (χ2v) is 3.40. The third-order valence-electron chi connectivity index (χ3n) is 2.36. The van der Waals surface area contributed by atoms with Crippen molar-refractivity contribution in [3.63, 3.8) is 0 Å². The van der Waals surface area contributed by atoms with Crippen molar-refractivity contribution in [3.8, 4) is 11.5 Å². The van der Waals surface area contributed by atoms with Crippen LogP contribution in [0.5, 0.6) is 0 Å². The predicted octanol–water partition coefficient (Wildman–Crippen LogP) is 1.67. The van der Waals surface area contributed by atoms with Gasteiger partial charge in [0.05, 0.1) is 11.0 Å². The number of fused-ring (bicyclic) bond motifs is 1. The van der Waals surface area contributed by atoms with Crippen LogP contribution in [0.4, 0.5) is 10.2 Å². The van der Waals surface area contributed by atoms with Crippen LogP contribution in [0, 0.1) is 5.82 Å². The summed E-state index contributed by atoms with van der Waals surface area (Å²) in [6, 6.07) is 7.45. The van der Waals surface area contributed by atoms with Crippen LogP contribution in [-0.2, 0) is 0 Å². The quantitative estimate of drug-likeness (QED) is 0.579. The van der Waals surface area contributed by atoms with Gasteiger partial charge in [-0.25, -0.2) is 9.37 Å². The second-order valence-electron chi connectivity index (χ2n) is 3.40. The Balaban J connectivity index is 2.23. The summed E-state index contributed by atoms with van der Waals surface area (Å²) < 4.78 is 13.5. The Morgan fingerprint density at radius 1 is 1.25 bits per heavy atom. The third-order valence-corrected chi connectivity index (χ3v) is 2.36. The van der Waals surface area contributed by atoms with Crippen molar-refractivity contribution >= 4 is 16.9 Å². The summed E-state index contributed by atoms with van der Waals surface area (Å²) in [5, 5.41) is 6.09. The largest absolute Gasteiger partial charge is 0.380 e. The van der Waals surface area contributed by atoms with E-state index in [1.165, 1.54) is 0 Å². The molecular weight excluding hydrogens is 209 g/mol. The molecule has 2 aromatic heterocycles. The summed E-state index contributed by atoms with van der Waals surface area (Å²) in [5.41, 5.74) is 7.09. The molecule has 0 saturated heterocycles. The van der Waals surface area contributed by atoms with E-state index >= 15 is 0 Å². The monoisotopic (exact) mass is 217 g/mol. The maximum Gasteiger partial charge on any atom is 0.195 e. The van der Waals surface area contributed by atoms with Crippen molar-refractivity contribution < 1.29 is 4.39 Å². The molecule has 0 spiro atoms. The number of halogens is 1. The Kier molecular flexibility index (Phi) is 1.70. The highest BCUT2D eigenvalue weighted by molar-refractivity contribution is 5.78. The molecule has 0 unspecified atom stereocenters. The first-order chi connectivity index (χ1) is 7.75. The van der Waals surface area contributed by atoms with Gasteiger partial charge in [-0.2, -0.15) is 5.10 Å². The zero-order valence-electron chi connectivity index (χ0n) is 8.16. The number of imidazole rings is 1. The lowest BCUT2D eigenvalue weighted by molar-refractivity contribution is 0.635. The van der Waals surface area contributed by atoms with E-state index in [1.54, 1.807) is 0 Å². The molecule has 6 heteroatoms. The summed E-state index contributed by atoms with van der Waals surface area (Å²) in [5.74, 6) is -0.350. The smallest absolute Gasteiger partial charge is 0.195 e. The molecule has 1 aromatic carbocycles. The molecule has 0 aliphatic heterocycles. The van der Waals surface area contributed by atoms with E-state index in [2.05, 4.69) is 20.2 Å². The van der Waals surface area contributed by atoms with Crippen molar-refractivity contribution in [3.05, 3.63) is 30.1 Å². The van der Waals surface area contributed by atoms with Crippen molar-refractivity contribution in [2.24, 2.45) is 0 Å². The van der Waals surface area contributed by atoms with Gasteiger partial charge in [-0.15, -0.1) is 0 Å². The van der Waals surface area contributed by atoms with Crippen LogP contribution < -0.4 is 5.73 Å². The first-order valence-electron chi connectivity index (χ1n) is 4.70. The number of aromatic amines is 2. The number of aromatic nitrogens is 4. The minimum Gasteiger partial charge on any atom is -0.380 e. The molecule has 3 rings (SSSR count). The molecule has 0 aliphatic rings. The third kappa shape index (κ3) is 1.16. The molecule has 0 radical (unpaired) electrons. The summed E-state index contributed by atoms with van der Waals surface area (Å²) in [4.78, 5) is 7.22. The minimum atomic E-state index is -0.584. The normalized spacial score (nSPS) is 11.1. The number of nitrogens with one attached hydrogen (secondary N) is 2. The van der Waals surface area contributed by atoms with Crippen LogP contribution in [0.15, 0.2) is 24.3 Å². The van der Waals surface area contributed by atoms with E-state index in [0.29, 0.717) is 5.82 Å². The van der Waals surface area contributed by atoms with Crippen molar-refractivity contribution in [1.82, 2.24) is 20.2 Å². The fourth-order valence-electron chi connectivity index (χ4n) is 1.57. The molecule has 0 atom stereocenters. The van der Waals surface area contributed by atoms with Crippen molar-refractivity contribution in [2.45, 2.75) is 0 Å². The molecule has 16 heavy (non-hydrogen) atoms. The average molecular weight is 217 g/mol. The fourth-order valence-corrected chi connectivity index (χ4v) is 1.57. The summed E-state index contributed by atoms with van der Waals surface area (Å²) in [7, 11) is 0. The zero-order valence-corrected chi connectivity index (χ0v) is 8.16. The number of H-pyrrole nitrogens is 2. The Morgan fingerprint density at radius 2 is 2.06 bits per heavy atom. The molecule has 0 fully saturated rings. The number of hydrogen-bond donors (Lipinski definition) is 3. The number of para-hydroxylation sites is 2. The summed E-state index contributed by atoms with van der Waals surface area (Å²) in [6.07, 6.45) is 0. The molecule has 0 bridgehead atoms. The van der Waals surface area contributed by atoms with Crippen molar-refractivity contribution in [1.29, 1.82) is 0 Å². The molecule has 80 valence electrons. The molecule has 3 aromatic rings. The van der Waals surface area contributed by atoms with Crippen LogP contribution in [0.25, 0.3) is 22.6 Å². The molecular formula is C10H8FN5. The molecule has 4 N–H and O–H groups in total. The van der Waals surface area contributed by atoms with Gasteiger partial charge in [0.1, 0.15) is 5.69 Å². The average Bonchev–Trinajstić information content (AvgIpc) is 2.84. The molecule has 0 amide bonds. The van der Waals surface area contributed by atoms with Crippen molar-refractivity contribution in [2.75, 3.05) is 5.73 Å². The first kappa shape index (κ1) is 8.90. The maximum absolute atomic E-state index is 13.5. The topological polar surface area (TPSA) is 83.4 Å². The van der Waals surface area contributed by atoms with Crippen LogP contribution >= 0.6 is 0 Å². The maximum atomic E-state index is 13.5. The standard InChI is InChI=1S/C10H8FN5/c11-7-8(15-16-9(7)12)10-13-5-3-1-2-4-6(5)14-10/h1-4H,(H,13,14)(H3,12,15,16). The molecule has 2 heterocycles. The Bertz CT molecular complexity index is 621. The molecule has 0 aliphatic carbocycles. The van der Waals surface area contributed by atoms with Gasteiger partial charge in [0.2, 0.25) is 0 Å². The summed E-state index contributed by atoms with van der Waals surface area (Å²) in [6.45, 7) is 0. The van der Waals surface area contributed by atoms with E-state index in [-0.39, 0.29) is 11.5 Å². The van der Waals surface area contributed by atoms with E-state index in [4.69, 9.17) is 5.73 Å². The highest BCUT2D eigenvalue weighted by atomic mass is 19.1. The highest BCUT2D eigenvalue weighted by Gasteiger charge is 2.15. The molecule has 0 saturated carbocycles. The highest BCUT2D eigenvalue weighted by Crippen LogP contribution is 2.23. The van der Waals surface area contributed by atoms with E-state index in [0.717, 1.165) is 11.0 Å². The zero-order chi connectivity index (χ0) is 11.1. The number of nitrogen functional groups attached to an aromatic ring is 1. The Labute approximate surface area is 89.5 Å². The fraction of sp³-hybridized carbons (Fsp3) is 0. The number of hydrogen-bond acceptors (Lipinski definition) is 3. The van der Waals surface area contributed by atoms with Crippen LogP contribution in [0.3, 0.4) is 0 Å². The van der Waals surface area contributed by atoms with Gasteiger partial charge in [-0.1, -0.05) is 12.1 Å². The minimum absolute atomic E-state index is 0.157. The number of nitrogens with zero attached hydrogens (tertiary/aromatic N) is 2. The van der Waals surface area contributed by atoms with Crippen LogP contribution in [0.1, 0.15) is 0 Å². The van der Waals surface area contributed by atoms with Gasteiger partial charge in [0.25, 0.3) is 0 Å². The first-order valence-corrected chi connectivity index (χ1v) is 4.70. The lowest BCUT2D eigenvalue weighted by Gasteiger charge is -1.89. The van der Waals surface area contributed by atoms with E-state index in [1.807, 2.05) is 24.3 Å². The van der Waals surface area contributed by atoms with Crippen LogP contribution in [0.2, 0.25) is 0 Å². The van der Waals surface area contributed by atoms with Crippen LogP contribution in [-0.4, -0.2) is 20.2 Å². The second kappa shape index (κ2) is 3.06. The SMILES string of the molecule is Nc1n[nH]c(-c2nc3ccccc3[nH]2)c1F. The van der Waals surface area contributed by atoms with Gasteiger partial charge < -0.3 is 10.7 Å². The van der Waals surface area contributed by atoms with E-state index < -0.39 is 5.82 Å². The summed E-state index contributed by atoms with van der Waals surface area (Å²) >= 11 is 0. The van der Waals surface area contributed by atoms with E-state index in [9.17, 15) is 4.39 Å². The van der Waals surface area contributed by atoms with Gasteiger partial charge in [-0.3, -0.25) is 5.10 Å². The van der Waals surface area contributed by atoms with Gasteiger partial charge in [0, 0.05) is 0 Å². The number of anilines is 1. The van der Waals surface area contributed by atoms with Gasteiger partial charge >= 0.3 is 0 Å². The number of benzene rings is 1. The Morgan fingerprint density at radius 3 is 2.75 bits per heavy atom. The van der Waals surface area contributed by atoms with Gasteiger partial charge in [0.15, 0.2) is 17.5 Å². The lowest BCUT2D eigenvalue weighted by Crippen LogP contribution is -1.88. The number of rotatable bonds is 1. The Hall–Kier alpha value is -2.37.